The molecule has 0 aliphatic heterocycles. The Balaban J connectivity index is 2.82. The molecule has 6 heteroatoms. The summed E-state index contributed by atoms with van der Waals surface area (Å²) < 4.78 is 23.6. The molecule has 1 aromatic carbocycles. The second-order valence-electron chi connectivity index (χ2n) is 3.99. The fourth-order valence-electron chi connectivity index (χ4n) is 1.50. The van der Waals surface area contributed by atoms with Gasteiger partial charge in [0.2, 0.25) is 15.9 Å². The Morgan fingerprint density at radius 1 is 1.22 bits per heavy atom. The van der Waals surface area contributed by atoms with Gasteiger partial charge in [0.1, 0.15) is 0 Å². The van der Waals surface area contributed by atoms with Crippen LogP contribution in [0.4, 0.5) is 5.69 Å². The molecule has 0 aliphatic carbocycles. The molecule has 0 radical (unpaired) electrons. The minimum absolute atomic E-state index is 0.151. The molecule has 5 nitrogen and oxygen atoms in total. The van der Waals surface area contributed by atoms with Crippen LogP contribution in [0.25, 0.3) is 0 Å². The molecule has 18 heavy (non-hydrogen) atoms. The number of para-hydroxylation sites is 1. The number of likely N-dealkylation sites (N-methyl/N-ethyl adjacent to an activating group) is 2. The fraction of sp³-hybridized carbons (Fsp3) is 0.417. The number of anilines is 1. The molecule has 1 aromatic rings. The van der Waals surface area contributed by atoms with Gasteiger partial charge in [-0.1, -0.05) is 18.2 Å². The summed E-state index contributed by atoms with van der Waals surface area (Å²) in [4.78, 5) is 13.6. The fourth-order valence-corrected chi connectivity index (χ4v) is 1.85. The first-order valence-corrected chi connectivity index (χ1v) is 7.47. The number of hydrogen-bond donors (Lipinski definition) is 0. The lowest BCUT2D eigenvalue weighted by Crippen LogP contribution is -2.40. The van der Waals surface area contributed by atoms with Gasteiger partial charge in [0.05, 0.1) is 12.8 Å². The highest BCUT2D eigenvalue weighted by molar-refractivity contribution is 7.88. The predicted octanol–water partition coefficient (Wildman–Crippen LogP) is 0.931. The second kappa shape index (κ2) is 5.97. The highest BCUT2D eigenvalue weighted by Gasteiger charge is 2.20. The van der Waals surface area contributed by atoms with Gasteiger partial charge in [0, 0.05) is 19.3 Å². The summed E-state index contributed by atoms with van der Waals surface area (Å²) in [5, 5.41) is 0. The standard InChI is InChI=1S/C12H18N2O3S/c1-4-14(11-8-6-5-7-9-11)12(15)10-13(2)18(3,16)17/h5-9H,4,10H2,1-3H3. The molecule has 0 unspecified atom stereocenters. The summed E-state index contributed by atoms with van der Waals surface area (Å²) in [6, 6.07) is 9.19. The van der Waals surface area contributed by atoms with Gasteiger partial charge in [-0.05, 0) is 19.1 Å². The number of carbonyl (C=O) groups is 1. The van der Waals surface area contributed by atoms with E-state index in [9.17, 15) is 13.2 Å². The molecular weight excluding hydrogens is 252 g/mol. The monoisotopic (exact) mass is 270 g/mol. The Hall–Kier alpha value is -1.40. The molecule has 0 heterocycles. The van der Waals surface area contributed by atoms with E-state index in [4.69, 9.17) is 0 Å². The second-order valence-corrected chi connectivity index (χ2v) is 6.08. The van der Waals surface area contributed by atoms with Crippen LogP contribution in [0.5, 0.6) is 0 Å². The third-order valence-electron chi connectivity index (χ3n) is 2.61. The molecule has 0 atom stereocenters. The van der Waals surface area contributed by atoms with Gasteiger partial charge in [0.25, 0.3) is 0 Å². The number of rotatable bonds is 5. The molecular formula is C12H18N2O3S. The van der Waals surface area contributed by atoms with E-state index in [1.807, 2.05) is 37.3 Å². The van der Waals surface area contributed by atoms with Crippen molar-refractivity contribution in [3.05, 3.63) is 30.3 Å². The highest BCUT2D eigenvalue weighted by Crippen LogP contribution is 2.13. The first-order chi connectivity index (χ1) is 8.36. The van der Waals surface area contributed by atoms with Crippen LogP contribution in [0.1, 0.15) is 6.92 Å². The van der Waals surface area contributed by atoms with Crippen LogP contribution >= 0.6 is 0 Å². The summed E-state index contributed by atoms with van der Waals surface area (Å²) in [5.41, 5.74) is 0.770. The van der Waals surface area contributed by atoms with Gasteiger partial charge < -0.3 is 4.90 Å². The maximum atomic E-state index is 12.1. The third kappa shape index (κ3) is 3.82. The van der Waals surface area contributed by atoms with Crippen molar-refractivity contribution in [3.63, 3.8) is 0 Å². The van der Waals surface area contributed by atoms with Crippen LogP contribution in [0.2, 0.25) is 0 Å². The predicted molar refractivity (Wildman–Crippen MR) is 71.9 cm³/mol. The van der Waals surface area contributed by atoms with Crippen molar-refractivity contribution < 1.29 is 13.2 Å². The molecule has 0 saturated heterocycles. The Morgan fingerprint density at radius 3 is 2.22 bits per heavy atom. The van der Waals surface area contributed by atoms with Crippen LogP contribution in [-0.2, 0) is 14.8 Å². The molecule has 1 amide bonds. The van der Waals surface area contributed by atoms with Crippen molar-refractivity contribution >= 4 is 21.6 Å². The summed E-state index contributed by atoms with van der Waals surface area (Å²) >= 11 is 0. The van der Waals surface area contributed by atoms with Crippen LogP contribution in [0.3, 0.4) is 0 Å². The van der Waals surface area contributed by atoms with Crippen LogP contribution in [0, 0.1) is 0 Å². The van der Waals surface area contributed by atoms with Gasteiger partial charge in [0.15, 0.2) is 0 Å². The van der Waals surface area contributed by atoms with E-state index in [2.05, 4.69) is 0 Å². The lowest BCUT2D eigenvalue weighted by molar-refractivity contribution is -0.118. The van der Waals surface area contributed by atoms with Crippen molar-refractivity contribution in [2.75, 3.05) is 31.3 Å². The van der Waals surface area contributed by atoms with Crippen LogP contribution in [-0.4, -0.2) is 45.0 Å². The summed E-state index contributed by atoms with van der Waals surface area (Å²) in [6.07, 6.45) is 1.08. The zero-order chi connectivity index (χ0) is 13.8. The molecule has 0 N–H and O–H groups in total. The topological polar surface area (TPSA) is 57.7 Å². The van der Waals surface area contributed by atoms with E-state index in [0.29, 0.717) is 6.54 Å². The smallest absolute Gasteiger partial charge is 0.242 e. The molecule has 0 spiro atoms. The zero-order valence-corrected chi connectivity index (χ0v) is 11.6. The minimum atomic E-state index is -3.34. The number of carbonyl (C=O) groups excluding carboxylic acids is 1. The molecule has 0 saturated carbocycles. The maximum absolute atomic E-state index is 12.1. The third-order valence-corrected chi connectivity index (χ3v) is 3.87. The Kier molecular flexibility index (Phi) is 4.86. The molecule has 0 aliphatic rings. The van der Waals surface area contributed by atoms with Crippen LogP contribution in [0.15, 0.2) is 30.3 Å². The lowest BCUT2D eigenvalue weighted by atomic mass is 10.3. The largest absolute Gasteiger partial charge is 0.312 e. The number of benzene rings is 1. The van der Waals surface area contributed by atoms with E-state index in [1.54, 1.807) is 4.90 Å². The van der Waals surface area contributed by atoms with Gasteiger partial charge in [-0.2, -0.15) is 4.31 Å². The summed E-state index contributed by atoms with van der Waals surface area (Å²) in [5.74, 6) is -0.239. The lowest BCUT2D eigenvalue weighted by Gasteiger charge is -2.23. The van der Waals surface area contributed by atoms with E-state index in [1.165, 1.54) is 7.05 Å². The molecule has 1 rings (SSSR count). The molecule has 0 bridgehead atoms. The van der Waals surface area contributed by atoms with E-state index in [0.717, 1.165) is 16.2 Å². The van der Waals surface area contributed by atoms with Gasteiger partial charge in [-0.25, -0.2) is 8.42 Å². The number of nitrogens with zero attached hydrogens (tertiary/aromatic N) is 2. The quantitative estimate of drug-likeness (QED) is 0.800. The van der Waals surface area contributed by atoms with Crippen molar-refractivity contribution in [1.82, 2.24) is 4.31 Å². The molecule has 0 aromatic heterocycles. The number of hydrogen-bond acceptors (Lipinski definition) is 3. The average Bonchev–Trinajstić information content (AvgIpc) is 2.30. The van der Waals surface area contributed by atoms with Gasteiger partial charge in [-0.15, -0.1) is 0 Å². The normalized spacial score (nSPS) is 11.6. The SMILES string of the molecule is CCN(C(=O)CN(C)S(C)(=O)=O)c1ccccc1. The van der Waals surface area contributed by atoms with Crippen molar-refractivity contribution in [3.8, 4) is 0 Å². The first-order valence-electron chi connectivity index (χ1n) is 5.63. The zero-order valence-electron chi connectivity index (χ0n) is 10.8. The van der Waals surface area contributed by atoms with E-state index in [-0.39, 0.29) is 12.5 Å². The molecule has 100 valence electrons. The average molecular weight is 270 g/mol. The van der Waals surface area contributed by atoms with E-state index >= 15 is 0 Å². The van der Waals surface area contributed by atoms with E-state index < -0.39 is 10.0 Å². The van der Waals surface area contributed by atoms with Crippen molar-refractivity contribution in [1.29, 1.82) is 0 Å². The highest BCUT2D eigenvalue weighted by atomic mass is 32.2. The first kappa shape index (κ1) is 14.7. The number of sulfonamides is 1. The maximum Gasteiger partial charge on any atom is 0.242 e. The van der Waals surface area contributed by atoms with Crippen LogP contribution < -0.4 is 4.90 Å². The summed E-state index contributed by atoms with van der Waals surface area (Å²) in [7, 11) is -1.94. The minimum Gasteiger partial charge on any atom is -0.312 e. The van der Waals surface area contributed by atoms with Crippen molar-refractivity contribution in [2.24, 2.45) is 0 Å². The van der Waals surface area contributed by atoms with Gasteiger partial charge in [-0.3, -0.25) is 4.79 Å². The van der Waals surface area contributed by atoms with Gasteiger partial charge >= 0.3 is 0 Å². The Labute approximate surface area is 108 Å². The summed E-state index contributed by atoms with van der Waals surface area (Å²) in [6.45, 7) is 2.20. The Morgan fingerprint density at radius 2 is 1.78 bits per heavy atom. The molecule has 0 fully saturated rings. The van der Waals surface area contributed by atoms with Crippen molar-refractivity contribution in [2.45, 2.75) is 6.92 Å². The number of amides is 1. The Bertz CT molecular complexity index is 499.